The van der Waals surface area contributed by atoms with E-state index in [1.54, 1.807) is 16.8 Å². The number of hydrogen-bond acceptors (Lipinski definition) is 4. The highest BCUT2D eigenvalue weighted by atomic mass is 32.1. The molecule has 0 radical (unpaired) electrons. The smallest absolute Gasteiger partial charge is 0.261 e. The van der Waals surface area contributed by atoms with Crippen LogP contribution in [0.5, 0.6) is 0 Å². The van der Waals surface area contributed by atoms with Crippen LogP contribution >= 0.6 is 11.3 Å². The second-order valence-electron chi connectivity index (χ2n) is 7.48. The molecule has 2 aromatic heterocycles. The lowest BCUT2D eigenvalue weighted by atomic mass is 10.2. The maximum absolute atomic E-state index is 13.2. The summed E-state index contributed by atoms with van der Waals surface area (Å²) in [6.45, 7) is 12.0. The van der Waals surface area contributed by atoms with Gasteiger partial charge in [-0.3, -0.25) is 9.69 Å². The lowest BCUT2D eigenvalue weighted by Crippen LogP contribution is -2.42. The minimum Gasteiger partial charge on any atom is -0.350 e. The number of benzene rings is 1. The normalized spacial score (nSPS) is 11.9. The second-order valence-corrected chi connectivity index (χ2v) is 8.51. The molecular formula is C21H27FN4OS. The number of thiophene rings is 1. The summed E-state index contributed by atoms with van der Waals surface area (Å²) in [5, 5.41) is 8.52. The number of aromatic nitrogens is 2. The number of fused-ring (bicyclic) bond motifs is 1. The maximum Gasteiger partial charge on any atom is 0.261 e. The van der Waals surface area contributed by atoms with Crippen LogP contribution in [-0.4, -0.2) is 45.8 Å². The van der Waals surface area contributed by atoms with Gasteiger partial charge < -0.3 is 5.32 Å². The number of carbonyl (C=O) groups excluding carboxylic acids is 1. The highest BCUT2D eigenvalue weighted by Crippen LogP contribution is 2.30. The number of rotatable bonds is 7. The molecule has 3 rings (SSSR count). The van der Waals surface area contributed by atoms with E-state index in [0.29, 0.717) is 23.5 Å². The Balaban J connectivity index is 1.76. The van der Waals surface area contributed by atoms with Gasteiger partial charge in [-0.15, -0.1) is 11.3 Å². The molecule has 0 aliphatic heterocycles. The van der Waals surface area contributed by atoms with Gasteiger partial charge >= 0.3 is 0 Å². The van der Waals surface area contributed by atoms with Gasteiger partial charge in [0.05, 0.1) is 16.3 Å². The van der Waals surface area contributed by atoms with Crippen molar-refractivity contribution >= 4 is 27.5 Å². The van der Waals surface area contributed by atoms with Crippen LogP contribution in [0.4, 0.5) is 4.39 Å². The van der Waals surface area contributed by atoms with Gasteiger partial charge in [-0.05, 0) is 65.0 Å². The number of amides is 1. The number of halogens is 1. The molecule has 0 atom stereocenters. The molecular weight excluding hydrogens is 375 g/mol. The number of aryl methyl sites for hydroxylation is 1. The fourth-order valence-electron chi connectivity index (χ4n) is 3.41. The fourth-order valence-corrected chi connectivity index (χ4v) is 4.51. The van der Waals surface area contributed by atoms with Crippen LogP contribution in [-0.2, 0) is 0 Å². The summed E-state index contributed by atoms with van der Waals surface area (Å²) >= 11 is 1.40. The highest BCUT2D eigenvalue weighted by Gasteiger charge is 2.18. The zero-order chi connectivity index (χ0) is 20.4. The second kappa shape index (κ2) is 8.41. The van der Waals surface area contributed by atoms with Crippen LogP contribution in [0.3, 0.4) is 0 Å². The average molecular weight is 403 g/mol. The van der Waals surface area contributed by atoms with Crippen LogP contribution in [0.25, 0.3) is 15.9 Å². The van der Waals surface area contributed by atoms with Crippen molar-refractivity contribution in [3.8, 4) is 5.69 Å². The molecule has 0 saturated carbocycles. The van der Waals surface area contributed by atoms with Crippen molar-refractivity contribution in [3.05, 3.63) is 46.7 Å². The number of nitrogens with zero attached hydrogens (tertiary/aromatic N) is 3. The Kier molecular flexibility index (Phi) is 6.15. The van der Waals surface area contributed by atoms with E-state index in [-0.39, 0.29) is 11.7 Å². The molecule has 150 valence electrons. The Labute approximate surface area is 169 Å². The Morgan fingerprint density at radius 2 is 1.86 bits per heavy atom. The van der Waals surface area contributed by atoms with Gasteiger partial charge in [0.2, 0.25) is 0 Å². The molecule has 0 bridgehead atoms. The van der Waals surface area contributed by atoms with Gasteiger partial charge in [-0.2, -0.15) is 5.10 Å². The van der Waals surface area contributed by atoms with E-state index in [2.05, 4.69) is 43.0 Å². The van der Waals surface area contributed by atoms with E-state index in [0.717, 1.165) is 28.1 Å². The molecule has 7 heteroatoms. The van der Waals surface area contributed by atoms with Gasteiger partial charge in [0.1, 0.15) is 10.6 Å². The lowest BCUT2D eigenvalue weighted by molar-refractivity contribution is 0.0943. The predicted molar refractivity (Wildman–Crippen MR) is 113 cm³/mol. The van der Waals surface area contributed by atoms with Crippen molar-refractivity contribution in [2.45, 2.75) is 46.7 Å². The first-order valence-corrected chi connectivity index (χ1v) is 10.4. The molecule has 0 saturated heterocycles. The van der Waals surface area contributed by atoms with Crippen LogP contribution < -0.4 is 5.32 Å². The topological polar surface area (TPSA) is 50.2 Å². The molecule has 1 aromatic carbocycles. The van der Waals surface area contributed by atoms with Crippen LogP contribution in [0, 0.1) is 12.7 Å². The first-order valence-electron chi connectivity index (χ1n) is 9.57. The van der Waals surface area contributed by atoms with Crippen molar-refractivity contribution < 1.29 is 9.18 Å². The third kappa shape index (κ3) is 4.25. The van der Waals surface area contributed by atoms with Crippen molar-refractivity contribution in [1.29, 1.82) is 0 Å². The zero-order valence-electron chi connectivity index (χ0n) is 17.0. The van der Waals surface area contributed by atoms with E-state index in [1.165, 1.54) is 23.5 Å². The standard InChI is InChI=1S/C21H27FN4OS/c1-13(2)25(14(3)4)11-10-23-20(27)19-12-18-15(5)24-26(21(18)28-19)17-8-6-16(22)7-9-17/h6-9,12-14H,10-11H2,1-5H3,(H,23,27). The average Bonchev–Trinajstić information content (AvgIpc) is 3.19. The van der Waals surface area contributed by atoms with Gasteiger partial charge in [0, 0.05) is 30.6 Å². The first-order chi connectivity index (χ1) is 13.3. The van der Waals surface area contributed by atoms with Gasteiger partial charge in [0.15, 0.2) is 0 Å². The lowest BCUT2D eigenvalue weighted by Gasteiger charge is -2.30. The Bertz CT molecular complexity index is 951. The Morgan fingerprint density at radius 3 is 2.46 bits per heavy atom. The van der Waals surface area contributed by atoms with Crippen molar-refractivity contribution in [3.63, 3.8) is 0 Å². The summed E-state index contributed by atoms with van der Waals surface area (Å²) in [5.41, 5.74) is 1.62. The minimum atomic E-state index is -0.285. The SMILES string of the molecule is Cc1nn(-c2ccc(F)cc2)c2sc(C(=O)NCCN(C(C)C)C(C)C)cc12. The molecule has 28 heavy (non-hydrogen) atoms. The molecule has 3 aromatic rings. The molecule has 0 aliphatic carbocycles. The molecule has 1 amide bonds. The Morgan fingerprint density at radius 1 is 1.21 bits per heavy atom. The molecule has 0 spiro atoms. The summed E-state index contributed by atoms with van der Waals surface area (Å²) in [5.74, 6) is -0.356. The fraction of sp³-hybridized carbons (Fsp3) is 0.429. The van der Waals surface area contributed by atoms with Gasteiger partial charge in [0.25, 0.3) is 5.91 Å². The van der Waals surface area contributed by atoms with Gasteiger partial charge in [-0.25, -0.2) is 9.07 Å². The molecule has 0 fully saturated rings. The van der Waals surface area contributed by atoms with Crippen LogP contribution in [0.1, 0.15) is 43.1 Å². The van der Waals surface area contributed by atoms with E-state index in [1.807, 2.05) is 13.0 Å². The predicted octanol–water partition coefficient (Wildman–Crippen LogP) is 4.38. The van der Waals surface area contributed by atoms with Crippen molar-refractivity contribution in [2.75, 3.05) is 13.1 Å². The summed E-state index contributed by atoms with van der Waals surface area (Å²) in [4.78, 5) is 16.5. The summed E-state index contributed by atoms with van der Waals surface area (Å²) in [6.07, 6.45) is 0. The third-order valence-electron chi connectivity index (χ3n) is 4.82. The maximum atomic E-state index is 13.2. The van der Waals surface area contributed by atoms with Crippen molar-refractivity contribution in [2.24, 2.45) is 0 Å². The number of carbonyl (C=O) groups is 1. The highest BCUT2D eigenvalue weighted by molar-refractivity contribution is 7.20. The van der Waals surface area contributed by atoms with Gasteiger partial charge in [-0.1, -0.05) is 0 Å². The van der Waals surface area contributed by atoms with E-state index in [9.17, 15) is 9.18 Å². The van der Waals surface area contributed by atoms with E-state index in [4.69, 9.17) is 0 Å². The summed E-state index contributed by atoms with van der Waals surface area (Å²) in [6, 6.07) is 8.96. The third-order valence-corrected chi connectivity index (χ3v) is 5.93. The molecule has 5 nitrogen and oxygen atoms in total. The number of nitrogens with one attached hydrogen (secondary N) is 1. The zero-order valence-corrected chi connectivity index (χ0v) is 17.8. The first kappa shape index (κ1) is 20.5. The van der Waals surface area contributed by atoms with Crippen LogP contribution in [0.2, 0.25) is 0 Å². The molecule has 0 aliphatic rings. The molecule has 1 N–H and O–H groups in total. The molecule has 0 unspecified atom stereocenters. The minimum absolute atomic E-state index is 0.0706. The quantitative estimate of drug-likeness (QED) is 0.638. The largest absolute Gasteiger partial charge is 0.350 e. The van der Waals surface area contributed by atoms with E-state index >= 15 is 0 Å². The van der Waals surface area contributed by atoms with Crippen LogP contribution in [0.15, 0.2) is 30.3 Å². The number of hydrogen-bond donors (Lipinski definition) is 1. The molecule has 2 heterocycles. The summed E-state index contributed by atoms with van der Waals surface area (Å²) < 4.78 is 15.0. The van der Waals surface area contributed by atoms with Crippen molar-refractivity contribution in [1.82, 2.24) is 20.0 Å². The Hall–Kier alpha value is -2.25. The monoisotopic (exact) mass is 402 g/mol. The van der Waals surface area contributed by atoms with E-state index < -0.39 is 0 Å². The summed E-state index contributed by atoms with van der Waals surface area (Å²) in [7, 11) is 0.